The quantitative estimate of drug-likeness (QED) is 0.424. The SMILES string of the molecule is CCOC(=O)c1[nH]c2ccc(Br)cc2c1NC(=O)CCN1CCN(c2ccccc2OC)CC1. The number of methoxy groups -OCH3 is 1. The van der Waals surface area contributed by atoms with Gasteiger partial charge in [-0.3, -0.25) is 9.69 Å². The Hall–Kier alpha value is -3.04. The van der Waals surface area contributed by atoms with Crippen molar-refractivity contribution in [3.8, 4) is 5.75 Å². The van der Waals surface area contributed by atoms with E-state index in [0.29, 0.717) is 18.7 Å². The highest BCUT2D eigenvalue weighted by molar-refractivity contribution is 9.10. The van der Waals surface area contributed by atoms with Crippen LogP contribution in [-0.2, 0) is 9.53 Å². The van der Waals surface area contributed by atoms with Crippen LogP contribution in [0.2, 0.25) is 0 Å². The van der Waals surface area contributed by atoms with E-state index in [0.717, 1.165) is 53.0 Å². The number of ether oxygens (including phenoxy) is 2. The van der Waals surface area contributed by atoms with E-state index >= 15 is 0 Å². The van der Waals surface area contributed by atoms with Gasteiger partial charge in [0.15, 0.2) is 0 Å². The first-order chi connectivity index (χ1) is 16.5. The number of nitrogens with zero attached hydrogens (tertiary/aromatic N) is 2. The second-order valence-corrected chi connectivity index (χ2v) is 9.00. The lowest BCUT2D eigenvalue weighted by molar-refractivity contribution is -0.116. The summed E-state index contributed by atoms with van der Waals surface area (Å²) in [5, 5.41) is 3.70. The van der Waals surface area contributed by atoms with Crippen LogP contribution in [0.4, 0.5) is 11.4 Å². The number of piperazine rings is 1. The third-order valence-electron chi connectivity index (χ3n) is 5.96. The zero-order valence-electron chi connectivity index (χ0n) is 19.4. The van der Waals surface area contributed by atoms with Gasteiger partial charge in [-0.05, 0) is 37.3 Å². The molecule has 2 aromatic carbocycles. The Morgan fingerprint density at radius 1 is 1.12 bits per heavy atom. The molecule has 0 aliphatic carbocycles. The minimum atomic E-state index is -0.488. The van der Waals surface area contributed by atoms with E-state index in [-0.39, 0.29) is 18.2 Å². The number of aromatic amines is 1. The second kappa shape index (κ2) is 10.9. The van der Waals surface area contributed by atoms with Gasteiger partial charge in [0.25, 0.3) is 0 Å². The lowest BCUT2D eigenvalue weighted by atomic mass is 10.2. The number of fused-ring (bicyclic) bond motifs is 1. The van der Waals surface area contributed by atoms with Gasteiger partial charge in [0.2, 0.25) is 5.91 Å². The number of H-pyrrole nitrogens is 1. The molecule has 4 rings (SSSR count). The molecule has 0 bridgehead atoms. The Kier molecular flexibility index (Phi) is 7.74. The van der Waals surface area contributed by atoms with Crippen LogP contribution in [0.3, 0.4) is 0 Å². The summed E-state index contributed by atoms with van der Waals surface area (Å²) < 4.78 is 11.5. The summed E-state index contributed by atoms with van der Waals surface area (Å²) in [7, 11) is 1.69. The predicted molar refractivity (Wildman–Crippen MR) is 137 cm³/mol. The standard InChI is InChI=1S/C25H29BrN4O4/c1-3-34-25(32)24-23(18-16-17(26)8-9-19(18)27-24)28-22(31)10-11-29-12-14-30(15-13-29)20-6-4-5-7-21(20)33-2/h4-9,16,27H,3,10-15H2,1-2H3,(H,28,31). The summed E-state index contributed by atoms with van der Waals surface area (Å²) in [6, 6.07) is 13.6. The van der Waals surface area contributed by atoms with Crippen molar-refractivity contribution < 1.29 is 19.1 Å². The summed E-state index contributed by atoms with van der Waals surface area (Å²) >= 11 is 3.46. The maximum atomic E-state index is 12.8. The Morgan fingerprint density at radius 2 is 1.88 bits per heavy atom. The molecule has 0 saturated carbocycles. The molecule has 0 spiro atoms. The fourth-order valence-electron chi connectivity index (χ4n) is 4.22. The number of esters is 1. The molecule has 0 atom stereocenters. The summed E-state index contributed by atoms with van der Waals surface area (Å²) in [4.78, 5) is 33.0. The molecule has 8 nitrogen and oxygen atoms in total. The Bertz CT molecular complexity index is 1170. The van der Waals surface area contributed by atoms with Crippen LogP contribution in [0.15, 0.2) is 46.9 Å². The molecule has 1 amide bonds. The average Bonchev–Trinajstić information content (AvgIpc) is 3.20. The van der Waals surface area contributed by atoms with Crippen molar-refractivity contribution in [3.63, 3.8) is 0 Å². The van der Waals surface area contributed by atoms with E-state index in [1.807, 2.05) is 36.4 Å². The molecule has 180 valence electrons. The van der Waals surface area contributed by atoms with E-state index in [4.69, 9.17) is 9.47 Å². The summed E-state index contributed by atoms with van der Waals surface area (Å²) in [5.41, 5.74) is 2.57. The van der Waals surface area contributed by atoms with Crippen molar-refractivity contribution in [2.24, 2.45) is 0 Å². The molecular weight excluding hydrogens is 500 g/mol. The van der Waals surface area contributed by atoms with Gasteiger partial charge >= 0.3 is 5.97 Å². The molecule has 9 heteroatoms. The molecule has 2 heterocycles. The highest BCUT2D eigenvalue weighted by Crippen LogP contribution is 2.31. The summed E-state index contributed by atoms with van der Waals surface area (Å²) in [6.45, 7) is 6.11. The monoisotopic (exact) mass is 528 g/mol. The first kappa shape index (κ1) is 24.1. The molecule has 0 radical (unpaired) electrons. The Morgan fingerprint density at radius 3 is 2.62 bits per heavy atom. The number of amides is 1. The molecule has 0 unspecified atom stereocenters. The fraction of sp³-hybridized carbons (Fsp3) is 0.360. The van der Waals surface area contributed by atoms with Crippen LogP contribution in [-0.4, -0.2) is 68.2 Å². The number of anilines is 2. The van der Waals surface area contributed by atoms with Gasteiger partial charge < -0.3 is 24.7 Å². The van der Waals surface area contributed by atoms with Crippen molar-refractivity contribution >= 4 is 50.1 Å². The number of nitrogens with one attached hydrogen (secondary N) is 2. The topological polar surface area (TPSA) is 86.9 Å². The zero-order chi connectivity index (χ0) is 24.1. The normalized spacial score (nSPS) is 14.3. The lowest BCUT2D eigenvalue weighted by Gasteiger charge is -2.36. The number of carbonyl (C=O) groups excluding carboxylic acids is 2. The van der Waals surface area contributed by atoms with Gasteiger partial charge in [0, 0.05) is 54.5 Å². The smallest absolute Gasteiger partial charge is 0.356 e. The predicted octanol–water partition coefficient (Wildman–Crippen LogP) is 4.27. The number of hydrogen-bond acceptors (Lipinski definition) is 6. The number of rotatable bonds is 8. The Labute approximate surface area is 207 Å². The van der Waals surface area contributed by atoms with Crippen molar-refractivity contribution in [2.45, 2.75) is 13.3 Å². The molecule has 1 fully saturated rings. The number of benzene rings is 2. The minimum absolute atomic E-state index is 0.140. The van der Waals surface area contributed by atoms with Crippen LogP contribution in [0.5, 0.6) is 5.75 Å². The minimum Gasteiger partial charge on any atom is -0.495 e. The van der Waals surface area contributed by atoms with E-state index < -0.39 is 5.97 Å². The molecule has 1 aromatic heterocycles. The molecule has 1 aliphatic rings. The maximum absolute atomic E-state index is 12.8. The summed E-state index contributed by atoms with van der Waals surface area (Å²) in [5.74, 6) is 0.245. The number of hydrogen-bond donors (Lipinski definition) is 2. The molecule has 34 heavy (non-hydrogen) atoms. The van der Waals surface area contributed by atoms with Gasteiger partial charge in [0.05, 0.1) is 25.1 Å². The van der Waals surface area contributed by atoms with Gasteiger partial charge in [-0.25, -0.2) is 4.79 Å². The number of para-hydroxylation sites is 2. The van der Waals surface area contributed by atoms with Gasteiger partial charge in [0.1, 0.15) is 11.4 Å². The van der Waals surface area contributed by atoms with Gasteiger partial charge in [-0.1, -0.05) is 28.1 Å². The highest BCUT2D eigenvalue weighted by atomic mass is 79.9. The van der Waals surface area contributed by atoms with Gasteiger partial charge in [-0.2, -0.15) is 0 Å². The molecule has 1 saturated heterocycles. The third-order valence-corrected chi connectivity index (χ3v) is 6.45. The van der Waals surface area contributed by atoms with E-state index in [1.165, 1.54) is 0 Å². The number of carbonyl (C=O) groups is 2. The van der Waals surface area contributed by atoms with E-state index in [2.05, 4.69) is 42.1 Å². The van der Waals surface area contributed by atoms with Crippen LogP contribution >= 0.6 is 15.9 Å². The fourth-order valence-corrected chi connectivity index (χ4v) is 4.58. The van der Waals surface area contributed by atoms with Crippen LogP contribution < -0.4 is 15.0 Å². The molecular formula is C25H29BrN4O4. The number of aromatic nitrogens is 1. The van der Waals surface area contributed by atoms with E-state index in [1.54, 1.807) is 14.0 Å². The maximum Gasteiger partial charge on any atom is 0.356 e. The largest absolute Gasteiger partial charge is 0.495 e. The third kappa shape index (κ3) is 5.37. The van der Waals surface area contributed by atoms with Crippen LogP contribution in [0.25, 0.3) is 10.9 Å². The summed E-state index contributed by atoms with van der Waals surface area (Å²) in [6.07, 6.45) is 0.331. The molecule has 1 aliphatic heterocycles. The second-order valence-electron chi connectivity index (χ2n) is 8.08. The van der Waals surface area contributed by atoms with Crippen LogP contribution in [0.1, 0.15) is 23.8 Å². The van der Waals surface area contributed by atoms with Crippen molar-refractivity contribution in [1.82, 2.24) is 9.88 Å². The molecule has 3 aromatic rings. The van der Waals surface area contributed by atoms with Gasteiger partial charge in [-0.15, -0.1) is 0 Å². The van der Waals surface area contributed by atoms with Crippen LogP contribution in [0, 0.1) is 0 Å². The number of halogens is 1. The van der Waals surface area contributed by atoms with Crippen molar-refractivity contribution in [1.29, 1.82) is 0 Å². The first-order valence-corrected chi connectivity index (χ1v) is 12.2. The molecule has 2 N–H and O–H groups in total. The van der Waals surface area contributed by atoms with E-state index in [9.17, 15) is 9.59 Å². The zero-order valence-corrected chi connectivity index (χ0v) is 21.0. The lowest BCUT2D eigenvalue weighted by Crippen LogP contribution is -2.47. The van der Waals surface area contributed by atoms with Crippen molar-refractivity contribution in [3.05, 3.63) is 52.6 Å². The van der Waals surface area contributed by atoms with Crippen molar-refractivity contribution in [2.75, 3.05) is 56.7 Å². The average molecular weight is 529 g/mol. The first-order valence-electron chi connectivity index (χ1n) is 11.4. The highest BCUT2D eigenvalue weighted by Gasteiger charge is 2.23. The Balaban J connectivity index is 1.37.